The Morgan fingerprint density at radius 1 is 1.07 bits per heavy atom. The van der Waals surface area contributed by atoms with Gasteiger partial charge in [0.05, 0.1) is 6.67 Å². The van der Waals surface area contributed by atoms with Gasteiger partial charge in [0, 0.05) is 19.1 Å². The van der Waals surface area contributed by atoms with Crippen LogP contribution in [0.3, 0.4) is 0 Å². The largest absolute Gasteiger partial charge is 0.292 e. The van der Waals surface area contributed by atoms with Gasteiger partial charge in [0.15, 0.2) is 0 Å². The Morgan fingerprint density at radius 3 is 2.07 bits per heavy atom. The fourth-order valence-corrected chi connectivity index (χ4v) is 2.35. The maximum Gasteiger partial charge on any atom is 0.0507 e. The van der Waals surface area contributed by atoms with Crippen molar-refractivity contribution < 1.29 is 0 Å². The van der Waals surface area contributed by atoms with Crippen molar-refractivity contribution in [3.05, 3.63) is 0 Å². The molecule has 1 aliphatic heterocycles. The smallest absolute Gasteiger partial charge is 0.0507 e. The van der Waals surface area contributed by atoms with E-state index < -0.39 is 0 Å². The average Bonchev–Trinajstić information content (AvgIpc) is 2.46. The van der Waals surface area contributed by atoms with E-state index in [-0.39, 0.29) is 0 Å². The van der Waals surface area contributed by atoms with Crippen LogP contribution in [0.2, 0.25) is 0 Å². The second kappa shape index (κ2) is 5.13. The van der Waals surface area contributed by atoms with Crippen LogP contribution in [0, 0.1) is 11.8 Å². The maximum atomic E-state index is 2.64. The highest BCUT2D eigenvalue weighted by Crippen LogP contribution is 2.21. The van der Waals surface area contributed by atoms with Crippen molar-refractivity contribution in [2.45, 2.75) is 40.2 Å². The van der Waals surface area contributed by atoms with Crippen LogP contribution in [-0.2, 0) is 0 Å². The molecule has 0 radical (unpaired) electrons. The Balaban J connectivity index is 2.50. The van der Waals surface area contributed by atoms with Gasteiger partial charge in [-0.1, -0.05) is 27.7 Å². The minimum Gasteiger partial charge on any atom is -0.292 e. The average molecular weight is 198 g/mol. The third kappa shape index (κ3) is 3.25. The van der Waals surface area contributed by atoms with Crippen LogP contribution < -0.4 is 0 Å². The molecule has 0 spiro atoms. The molecule has 1 atom stereocenters. The summed E-state index contributed by atoms with van der Waals surface area (Å²) >= 11 is 0. The third-order valence-electron chi connectivity index (χ3n) is 3.14. The van der Waals surface area contributed by atoms with Crippen molar-refractivity contribution in [3.8, 4) is 0 Å². The molecule has 1 aliphatic rings. The number of hydrogen-bond acceptors (Lipinski definition) is 2. The molecule has 1 fully saturated rings. The minimum absolute atomic E-state index is 0.778. The Labute approximate surface area is 89.3 Å². The van der Waals surface area contributed by atoms with Gasteiger partial charge in [-0.3, -0.25) is 9.80 Å². The highest BCUT2D eigenvalue weighted by molar-refractivity contribution is 4.80. The normalized spacial score (nSPS) is 22.5. The lowest BCUT2D eigenvalue weighted by Crippen LogP contribution is -2.39. The van der Waals surface area contributed by atoms with Crippen molar-refractivity contribution in [1.29, 1.82) is 0 Å². The van der Waals surface area contributed by atoms with Gasteiger partial charge >= 0.3 is 0 Å². The quantitative estimate of drug-likeness (QED) is 0.684. The van der Waals surface area contributed by atoms with E-state index in [0.29, 0.717) is 0 Å². The summed E-state index contributed by atoms with van der Waals surface area (Å²) in [7, 11) is 2.22. The Hall–Kier alpha value is -0.0800. The summed E-state index contributed by atoms with van der Waals surface area (Å²) in [4.78, 5) is 5.06. The SMILES string of the molecule is CC(C)CC(C(C)C)N1CCN(C)C1. The molecule has 0 aromatic rings. The van der Waals surface area contributed by atoms with Gasteiger partial charge in [-0.05, 0) is 25.3 Å². The zero-order valence-corrected chi connectivity index (χ0v) is 10.5. The highest BCUT2D eigenvalue weighted by Gasteiger charge is 2.27. The minimum atomic E-state index is 0.778. The van der Waals surface area contributed by atoms with E-state index in [1.807, 2.05) is 0 Å². The van der Waals surface area contributed by atoms with E-state index in [1.54, 1.807) is 0 Å². The summed E-state index contributed by atoms with van der Waals surface area (Å²) in [6.45, 7) is 13.0. The lowest BCUT2D eigenvalue weighted by molar-refractivity contribution is 0.144. The first-order valence-corrected chi connectivity index (χ1v) is 5.93. The Bertz CT molecular complexity index is 166. The van der Waals surface area contributed by atoms with Crippen molar-refractivity contribution in [2.75, 3.05) is 26.8 Å². The zero-order chi connectivity index (χ0) is 10.7. The van der Waals surface area contributed by atoms with Crippen LogP contribution in [0.15, 0.2) is 0 Å². The number of hydrogen-bond donors (Lipinski definition) is 0. The summed E-state index contributed by atoms with van der Waals surface area (Å²) < 4.78 is 0. The fraction of sp³-hybridized carbons (Fsp3) is 1.00. The monoisotopic (exact) mass is 198 g/mol. The molecule has 1 rings (SSSR count). The molecule has 0 aromatic carbocycles. The predicted molar refractivity (Wildman–Crippen MR) is 62.3 cm³/mol. The highest BCUT2D eigenvalue weighted by atomic mass is 15.4. The lowest BCUT2D eigenvalue weighted by Gasteiger charge is -2.32. The number of nitrogens with zero attached hydrogens (tertiary/aromatic N) is 2. The second-order valence-corrected chi connectivity index (χ2v) is 5.47. The molecule has 0 amide bonds. The molecule has 1 saturated heterocycles. The summed E-state index contributed by atoms with van der Waals surface area (Å²) in [5, 5.41) is 0. The molecule has 1 heterocycles. The van der Waals surface area contributed by atoms with Crippen molar-refractivity contribution in [3.63, 3.8) is 0 Å². The van der Waals surface area contributed by atoms with Crippen molar-refractivity contribution in [1.82, 2.24) is 9.80 Å². The van der Waals surface area contributed by atoms with Gasteiger partial charge in [0.25, 0.3) is 0 Å². The van der Waals surface area contributed by atoms with Gasteiger partial charge in [-0.25, -0.2) is 0 Å². The molecule has 84 valence electrons. The Kier molecular flexibility index (Phi) is 4.39. The summed E-state index contributed by atoms with van der Waals surface area (Å²) in [5.74, 6) is 1.59. The first-order valence-electron chi connectivity index (χ1n) is 5.93. The third-order valence-corrected chi connectivity index (χ3v) is 3.14. The van der Waals surface area contributed by atoms with E-state index in [1.165, 1.54) is 19.5 Å². The summed E-state index contributed by atoms with van der Waals surface area (Å²) in [5.41, 5.74) is 0. The van der Waals surface area contributed by atoms with Crippen LogP contribution in [0.4, 0.5) is 0 Å². The molecular weight excluding hydrogens is 172 g/mol. The fourth-order valence-electron chi connectivity index (χ4n) is 2.35. The molecule has 2 nitrogen and oxygen atoms in total. The molecule has 14 heavy (non-hydrogen) atoms. The van der Waals surface area contributed by atoms with Gasteiger partial charge in [-0.2, -0.15) is 0 Å². The molecule has 0 N–H and O–H groups in total. The van der Waals surface area contributed by atoms with Crippen LogP contribution in [-0.4, -0.2) is 42.6 Å². The van der Waals surface area contributed by atoms with Gasteiger partial charge in [-0.15, -0.1) is 0 Å². The second-order valence-electron chi connectivity index (χ2n) is 5.47. The topological polar surface area (TPSA) is 6.48 Å². The van der Waals surface area contributed by atoms with E-state index in [9.17, 15) is 0 Å². The van der Waals surface area contributed by atoms with Gasteiger partial charge in [0.2, 0.25) is 0 Å². The van der Waals surface area contributed by atoms with Crippen molar-refractivity contribution in [2.24, 2.45) is 11.8 Å². The van der Waals surface area contributed by atoms with E-state index in [2.05, 4.69) is 44.5 Å². The molecular formula is C12H26N2. The molecule has 0 bridgehead atoms. The van der Waals surface area contributed by atoms with E-state index in [4.69, 9.17) is 0 Å². The van der Waals surface area contributed by atoms with Crippen LogP contribution >= 0.6 is 0 Å². The zero-order valence-electron chi connectivity index (χ0n) is 10.5. The predicted octanol–water partition coefficient (Wildman–Crippen LogP) is 2.26. The van der Waals surface area contributed by atoms with Crippen LogP contribution in [0.1, 0.15) is 34.1 Å². The molecule has 1 unspecified atom stereocenters. The summed E-state index contributed by atoms with van der Waals surface area (Å²) in [6.07, 6.45) is 1.34. The first kappa shape index (κ1) is 12.0. The number of likely N-dealkylation sites (N-methyl/N-ethyl adjacent to an activating group) is 1. The van der Waals surface area contributed by atoms with Crippen LogP contribution in [0.25, 0.3) is 0 Å². The van der Waals surface area contributed by atoms with Crippen molar-refractivity contribution >= 4 is 0 Å². The van der Waals surface area contributed by atoms with Crippen LogP contribution in [0.5, 0.6) is 0 Å². The Morgan fingerprint density at radius 2 is 1.71 bits per heavy atom. The maximum absolute atomic E-state index is 2.64. The molecule has 0 aromatic heterocycles. The van der Waals surface area contributed by atoms with E-state index in [0.717, 1.165) is 24.5 Å². The van der Waals surface area contributed by atoms with E-state index >= 15 is 0 Å². The molecule has 2 heteroatoms. The van der Waals surface area contributed by atoms with Gasteiger partial charge in [0.1, 0.15) is 0 Å². The summed E-state index contributed by atoms with van der Waals surface area (Å²) in [6, 6.07) is 0.778. The lowest BCUT2D eigenvalue weighted by atomic mass is 9.93. The first-order chi connectivity index (χ1) is 6.50. The standard InChI is InChI=1S/C12H26N2/c1-10(2)8-12(11(3)4)14-7-6-13(5)9-14/h10-12H,6-9H2,1-5H3. The molecule has 0 aliphatic carbocycles. The number of rotatable bonds is 4. The molecule has 0 saturated carbocycles. The van der Waals surface area contributed by atoms with Gasteiger partial charge < -0.3 is 0 Å².